The van der Waals surface area contributed by atoms with E-state index in [1.807, 2.05) is 26.0 Å². The minimum atomic E-state index is -1.02. The van der Waals surface area contributed by atoms with Crippen molar-refractivity contribution in [2.24, 2.45) is 5.92 Å². The fourth-order valence-corrected chi connectivity index (χ4v) is 3.25. The number of halogens is 2. The highest BCUT2D eigenvalue weighted by Crippen LogP contribution is 2.38. The summed E-state index contributed by atoms with van der Waals surface area (Å²) in [5, 5.41) is 8.94. The maximum absolute atomic E-state index is 14.3. The van der Waals surface area contributed by atoms with Gasteiger partial charge in [-0.25, -0.2) is 8.78 Å². The molecule has 1 heterocycles. The van der Waals surface area contributed by atoms with E-state index in [1.54, 1.807) is 6.07 Å². The number of hydrogen-bond donors (Lipinski definition) is 1. The first-order valence-electron chi connectivity index (χ1n) is 8.79. The van der Waals surface area contributed by atoms with Crippen molar-refractivity contribution in [3.63, 3.8) is 0 Å². The number of para-hydroxylation sites is 1. The Bertz CT molecular complexity index is 853. The van der Waals surface area contributed by atoms with Gasteiger partial charge in [0.15, 0.2) is 17.4 Å². The number of aliphatic carboxylic acids is 1. The van der Waals surface area contributed by atoms with E-state index in [4.69, 9.17) is 14.6 Å². The van der Waals surface area contributed by atoms with Gasteiger partial charge in [0.25, 0.3) is 0 Å². The molecule has 4 nitrogen and oxygen atoms in total. The van der Waals surface area contributed by atoms with E-state index in [2.05, 4.69) is 0 Å². The first-order valence-corrected chi connectivity index (χ1v) is 8.79. The Morgan fingerprint density at radius 3 is 2.59 bits per heavy atom. The number of hydrogen-bond acceptors (Lipinski definition) is 3. The van der Waals surface area contributed by atoms with Gasteiger partial charge in [0, 0.05) is 12.0 Å². The standard InChI is InChI=1S/C21H22F2O4/c1-12(20(24)25)7-13-8-16(22)19(17(23)9-13)26-11-15-6-4-5-14-10-21(2,3)27-18(14)15/h4-6,8-9,12H,7,10-11H2,1-3H3,(H,24,25). The Kier molecular flexibility index (Phi) is 5.09. The summed E-state index contributed by atoms with van der Waals surface area (Å²) in [6.07, 6.45) is 0.800. The third-order valence-electron chi connectivity index (χ3n) is 4.57. The Morgan fingerprint density at radius 1 is 1.30 bits per heavy atom. The molecule has 6 heteroatoms. The third kappa shape index (κ3) is 4.21. The maximum Gasteiger partial charge on any atom is 0.306 e. The molecule has 0 spiro atoms. The van der Waals surface area contributed by atoms with E-state index in [9.17, 15) is 13.6 Å². The largest absolute Gasteiger partial charge is 0.487 e. The van der Waals surface area contributed by atoms with Crippen LogP contribution >= 0.6 is 0 Å². The van der Waals surface area contributed by atoms with E-state index >= 15 is 0 Å². The van der Waals surface area contributed by atoms with Crippen molar-refractivity contribution in [3.8, 4) is 11.5 Å². The monoisotopic (exact) mass is 376 g/mol. The highest BCUT2D eigenvalue weighted by atomic mass is 19.1. The Hall–Kier alpha value is -2.63. The van der Waals surface area contributed by atoms with E-state index < -0.39 is 29.3 Å². The number of carbonyl (C=O) groups is 1. The molecule has 2 aromatic rings. The quantitative estimate of drug-likeness (QED) is 0.805. The Labute approximate surface area is 156 Å². The zero-order chi connectivity index (χ0) is 19.8. The lowest BCUT2D eigenvalue weighted by molar-refractivity contribution is -0.141. The lowest BCUT2D eigenvalue weighted by atomic mass is 10.0. The lowest BCUT2D eigenvalue weighted by Crippen LogP contribution is -2.25. The van der Waals surface area contributed by atoms with Crippen molar-refractivity contribution < 1.29 is 28.2 Å². The van der Waals surface area contributed by atoms with Crippen LogP contribution in [0.1, 0.15) is 37.5 Å². The number of ether oxygens (including phenoxy) is 2. The molecule has 0 saturated carbocycles. The molecule has 144 valence electrons. The number of benzene rings is 2. The first-order chi connectivity index (χ1) is 12.7. The smallest absolute Gasteiger partial charge is 0.306 e. The zero-order valence-electron chi connectivity index (χ0n) is 15.5. The van der Waals surface area contributed by atoms with Gasteiger partial charge in [-0.15, -0.1) is 0 Å². The summed E-state index contributed by atoms with van der Waals surface area (Å²) in [6, 6.07) is 7.87. The van der Waals surface area contributed by atoms with Crippen LogP contribution in [-0.2, 0) is 24.2 Å². The second kappa shape index (κ2) is 7.18. The maximum atomic E-state index is 14.3. The van der Waals surface area contributed by atoms with Crippen LogP contribution < -0.4 is 9.47 Å². The van der Waals surface area contributed by atoms with Crippen LogP contribution in [0.25, 0.3) is 0 Å². The van der Waals surface area contributed by atoms with Gasteiger partial charge in [-0.05, 0) is 43.5 Å². The first kappa shape index (κ1) is 19.1. The number of carboxylic acid groups (broad SMARTS) is 1. The summed E-state index contributed by atoms with van der Waals surface area (Å²) in [7, 11) is 0. The average molecular weight is 376 g/mol. The highest BCUT2D eigenvalue weighted by molar-refractivity contribution is 5.69. The molecule has 1 atom stereocenters. The van der Waals surface area contributed by atoms with Crippen molar-refractivity contribution in [3.05, 3.63) is 58.7 Å². The topological polar surface area (TPSA) is 55.8 Å². The minimum Gasteiger partial charge on any atom is -0.487 e. The third-order valence-corrected chi connectivity index (χ3v) is 4.57. The van der Waals surface area contributed by atoms with Gasteiger partial charge in [-0.2, -0.15) is 0 Å². The van der Waals surface area contributed by atoms with Gasteiger partial charge >= 0.3 is 5.97 Å². The van der Waals surface area contributed by atoms with Gasteiger partial charge in [0.1, 0.15) is 18.0 Å². The summed E-state index contributed by atoms with van der Waals surface area (Å²) < 4.78 is 40.0. The summed E-state index contributed by atoms with van der Waals surface area (Å²) in [4.78, 5) is 10.9. The molecule has 0 bridgehead atoms. The van der Waals surface area contributed by atoms with E-state index in [0.29, 0.717) is 5.75 Å². The molecular weight excluding hydrogens is 354 g/mol. The number of fused-ring (bicyclic) bond motifs is 1. The fourth-order valence-electron chi connectivity index (χ4n) is 3.25. The van der Waals surface area contributed by atoms with Crippen LogP contribution in [0.3, 0.4) is 0 Å². The summed E-state index contributed by atoms with van der Waals surface area (Å²) >= 11 is 0. The van der Waals surface area contributed by atoms with Crippen LogP contribution in [0.2, 0.25) is 0 Å². The molecule has 0 radical (unpaired) electrons. The van der Waals surface area contributed by atoms with Gasteiger partial charge in [0.05, 0.1) is 5.92 Å². The van der Waals surface area contributed by atoms with Crippen LogP contribution in [0.4, 0.5) is 8.78 Å². The molecule has 0 aromatic heterocycles. The summed E-state index contributed by atoms with van der Waals surface area (Å²) in [5.41, 5.74) is 1.72. The highest BCUT2D eigenvalue weighted by Gasteiger charge is 2.31. The molecule has 0 saturated heterocycles. The van der Waals surface area contributed by atoms with E-state index in [0.717, 1.165) is 29.7 Å². The van der Waals surface area contributed by atoms with E-state index in [1.165, 1.54) is 6.92 Å². The van der Waals surface area contributed by atoms with Crippen LogP contribution in [0.15, 0.2) is 30.3 Å². The normalized spacial score (nSPS) is 15.7. The van der Waals surface area contributed by atoms with Crippen molar-refractivity contribution in [2.75, 3.05) is 0 Å². The van der Waals surface area contributed by atoms with Gasteiger partial charge in [0.2, 0.25) is 0 Å². The molecule has 1 unspecified atom stereocenters. The summed E-state index contributed by atoms with van der Waals surface area (Å²) in [6.45, 7) is 5.42. The molecule has 0 aliphatic carbocycles. The molecule has 1 aliphatic heterocycles. The van der Waals surface area contributed by atoms with Crippen molar-refractivity contribution in [1.82, 2.24) is 0 Å². The predicted octanol–water partition coefficient (Wildman–Crippen LogP) is 4.52. The molecule has 3 rings (SSSR count). The molecule has 0 amide bonds. The number of rotatable bonds is 6. The number of carboxylic acids is 1. The molecular formula is C21H22F2O4. The van der Waals surface area contributed by atoms with Crippen molar-refractivity contribution in [2.45, 2.75) is 45.8 Å². The van der Waals surface area contributed by atoms with Crippen LogP contribution in [0.5, 0.6) is 11.5 Å². The Morgan fingerprint density at radius 2 is 1.96 bits per heavy atom. The van der Waals surface area contributed by atoms with Crippen LogP contribution in [-0.4, -0.2) is 16.7 Å². The van der Waals surface area contributed by atoms with Crippen molar-refractivity contribution in [1.29, 1.82) is 0 Å². The van der Waals surface area contributed by atoms with Gasteiger partial charge in [-0.1, -0.05) is 25.1 Å². The minimum absolute atomic E-state index is 0.0298. The molecule has 27 heavy (non-hydrogen) atoms. The van der Waals surface area contributed by atoms with Crippen molar-refractivity contribution >= 4 is 5.97 Å². The molecule has 1 aliphatic rings. The Balaban J connectivity index is 1.76. The van der Waals surface area contributed by atoms with Gasteiger partial charge < -0.3 is 14.6 Å². The zero-order valence-corrected chi connectivity index (χ0v) is 15.5. The summed E-state index contributed by atoms with van der Waals surface area (Å²) in [5.74, 6) is -3.22. The second-order valence-corrected chi connectivity index (χ2v) is 7.56. The van der Waals surface area contributed by atoms with Crippen LogP contribution in [0, 0.1) is 17.6 Å². The average Bonchev–Trinajstić information content (AvgIpc) is 2.88. The predicted molar refractivity (Wildman–Crippen MR) is 96.0 cm³/mol. The molecule has 0 fully saturated rings. The fraction of sp³-hybridized carbons (Fsp3) is 0.381. The lowest BCUT2D eigenvalue weighted by Gasteiger charge is -2.18. The van der Waals surface area contributed by atoms with E-state index in [-0.39, 0.29) is 24.2 Å². The second-order valence-electron chi connectivity index (χ2n) is 7.56. The van der Waals surface area contributed by atoms with Gasteiger partial charge in [-0.3, -0.25) is 4.79 Å². The SMILES string of the molecule is CC(Cc1cc(F)c(OCc2cccc3c2OC(C)(C)C3)c(F)c1)C(=O)O. The molecule has 2 aromatic carbocycles. The molecule has 1 N–H and O–H groups in total.